The van der Waals surface area contributed by atoms with Gasteiger partial charge in [0.2, 0.25) is 0 Å². The average molecular weight is 222 g/mol. The second-order valence-corrected chi connectivity index (χ2v) is 4.36. The number of aliphatic hydroxyl groups is 1. The zero-order valence-electron chi connectivity index (χ0n) is 9.56. The first-order valence-corrected chi connectivity index (χ1v) is 5.56. The van der Waals surface area contributed by atoms with Gasteiger partial charge in [0.15, 0.2) is 0 Å². The van der Waals surface area contributed by atoms with Gasteiger partial charge < -0.3 is 14.6 Å². The number of aliphatic hydroxyl groups excluding tert-OH is 1. The fourth-order valence-electron chi connectivity index (χ4n) is 2.31. The van der Waals surface area contributed by atoms with E-state index in [1.807, 2.05) is 18.2 Å². The van der Waals surface area contributed by atoms with Crippen LogP contribution in [0.2, 0.25) is 0 Å². The summed E-state index contributed by atoms with van der Waals surface area (Å²) in [6, 6.07) is 10.3. The van der Waals surface area contributed by atoms with E-state index in [1.165, 1.54) is 5.56 Å². The molecule has 0 aromatic heterocycles. The van der Waals surface area contributed by atoms with Crippen LogP contribution in [0.1, 0.15) is 12.0 Å². The lowest BCUT2D eigenvalue weighted by atomic mass is 9.94. The number of methoxy groups -OCH3 is 1. The van der Waals surface area contributed by atoms with Crippen molar-refractivity contribution in [2.75, 3.05) is 27.1 Å². The van der Waals surface area contributed by atoms with Crippen molar-refractivity contribution in [1.29, 1.82) is 0 Å². The molecule has 1 aliphatic carbocycles. The van der Waals surface area contributed by atoms with Crippen molar-refractivity contribution in [3.8, 4) is 0 Å². The molecule has 1 aromatic rings. The summed E-state index contributed by atoms with van der Waals surface area (Å²) in [5, 5.41) is 9.27. The lowest BCUT2D eigenvalue weighted by Crippen LogP contribution is -2.20. The standard InChI is InChI=1S/C13H18O3/c1-15-10-16-9-13(7-12(13)8-14)11-5-3-2-4-6-11/h2-6,12,14H,7-10H2,1H3/t12-,13+/m0/s1. The van der Waals surface area contributed by atoms with Crippen LogP contribution in [-0.2, 0) is 14.9 Å². The zero-order chi connectivity index (χ0) is 11.4. The SMILES string of the molecule is COCOC[C@@]1(c2ccccc2)C[C@H]1CO. The molecule has 0 aliphatic heterocycles. The monoisotopic (exact) mass is 222 g/mol. The molecule has 2 rings (SSSR count). The molecule has 88 valence electrons. The molecule has 3 nitrogen and oxygen atoms in total. The Morgan fingerprint density at radius 1 is 1.38 bits per heavy atom. The molecular formula is C13H18O3. The van der Waals surface area contributed by atoms with Crippen LogP contribution in [0.3, 0.4) is 0 Å². The third-order valence-corrected chi connectivity index (χ3v) is 3.36. The van der Waals surface area contributed by atoms with E-state index in [0.717, 1.165) is 6.42 Å². The molecule has 16 heavy (non-hydrogen) atoms. The van der Waals surface area contributed by atoms with Crippen LogP contribution in [-0.4, -0.2) is 32.2 Å². The lowest BCUT2D eigenvalue weighted by Gasteiger charge is -2.17. The van der Waals surface area contributed by atoms with Gasteiger partial charge in [-0.15, -0.1) is 0 Å². The van der Waals surface area contributed by atoms with Gasteiger partial charge in [0, 0.05) is 19.1 Å². The molecule has 1 saturated carbocycles. The maximum absolute atomic E-state index is 9.27. The zero-order valence-corrected chi connectivity index (χ0v) is 9.56. The largest absolute Gasteiger partial charge is 0.396 e. The highest BCUT2D eigenvalue weighted by molar-refractivity contribution is 5.33. The predicted octanol–water partition coefficient (Wildman–Crippen LogP) is 1.56. The molecule has 1 fully saturated rings. The number of rotatable bonds is 6. The summed E-state index contributed by atoms with van der Waals surface area (Å²) in [6.45, 7) is 1.16. The second kappa shape index (κ2) is 4.95. The summed E-state index contributed by atoms with van der Waals surface area (Å²) in [4.78, 5) is 0. The van der Waals surface area contributed by atoms with Gasteiger partial charge in [0.05, 0.1) is 6.61 Å². The van der Waals surface area contributed by atoms with Crippen LogP contribution in [0.15, 0.2) is 30.3 Å². The Kier molecular flexibility index (Phi) is 3.59. The van der Waals surface area contributed by atoms with Gasteiger partial charge in [-0.05, 0) is 17.9 Å². The van der Waals surface area contributed by atoms with Crippen LogP contribution in [0.5, 0.6) is 0 Å². The molecule has 1 aromatic carbocycles. The predicted molar refractivity (Wildman–Crippen MR) is 61.1 cm³/mol. The fraction of sp³-hybridized carbons (Fsp3) is 0.538. The summed E-state index contributed by atoms with van der Waals surface area (Å²) >= 11 is 0. The summed E-state index contributed by atoms with van der Waals surface area (Å²) in [5.74, 6) is 0.326. The smallest absolute Gasteiger partial charge is 0.146 e. The average Bonchev–Trinajstić information content (AvgIpc) is 3.06. The van der Waals surface area contributed by atoms with E-state index >= 15 is 0 Å². The van der Waals surface area contributed by atoms with Gasteiger partial charge >= 0.3 is 0 Å². The fourth-order valence-corrected chi connectivity index (χ4v) is 2.31. The van der Waals surface area contributed by atoms with Gasteiger partial charge in [-0.25, -0.2) is 0 Å². The minimum atomic E-state index is 0.00847. The molecule has 1 aliphatic rings. The summed E-state index contributed by atoms with van der Waals surface area (Å²) in [7, 11) is 1.62. The highest BCUT2D eigenvalue weighted by atomic mass is 16.7. The topological polar surface area (TPSA) is 38.7 Å². The normalized spacial score (nSPS) is 28.0. The van der Waals surface area contributed by atoms with E-state index in [-0.39, 0.29) is 12.0 Å². The molecule has 0 spiro atoms. The Bertz CT molecular complexity index is 325. The van der Waals surface area contributed by atoms with Gasteiger partial charge in [0.25, 0.3) is 0 Å². The Morgan fingerprint density at radius 3 is 2.69 bits per heavy atom. The van der Waals surface area contributed by atoms with Crippen LogP contribution in [0.25, 0.3) is 0 Å². The summed E-state index contributed by atoms with van der Waals surface area (Å²) < 4.78 is 10.3. The number of hydrogen-bond donors (Lipinski definition) is 1. The Hall–Kier alpha value is -0.900. The van der Waals surface area contributed by atoms with Crippen LogP contribution in [0.4, 0.5) is 0 Å². The summed E-state index contributed by atoms with van der Waals surface area (Å²) in [5.41, 5.74) is 1.26. The number of benzene rings is 1. The van der Waals surface area contributed by atoms with Crippen LogP contribution in [0, 0.1) is 5.92 Å². The first-order chi connectivity index (χ1) is 7.83. The highest BCUT2D eigenvalue weighted by Crippen LogP contribution is 2.54. The number of hydrogen-bond acceptors (Lipinski definition) is 3. The minimum absolute atomic E-state index is 0.00847. The molecule has 0 amide bonds. The molecule has 3 heteroatoms. The quantitative estimate of drug-likeness (QED) is 0.586. The van der Waals surface area contributed by atoms with E-state index in [0.29, 0.717) is 19.3 Å². The van der Waals surface area contributed by atoms with Crippen LogP contribution >= 0.6 is 0 Å². The van der Waals surface area contributed by atoms with E-state index < -0.39 is 0 Å². The number of ether oxygens (including phenoxy) is 2. The Balaban J connectivity index is 2.06. The van der Waals surface area contributed by atoms with Gasteiger partial charge in [-0.2, -0.15) is 0 Å². The van der Waals surface area contributed by atoms with E-state index in [1.54, 1.807) is 7.11 Å². The maximum atomic E-state index is 9.27. The van der Waals surface area contributed by atoms with E-state index in [9.17, 15) is 5.11 Å². The third kappa shape index (κ3) is 2.12. The molecule has 0 bridgehead atoms. The van der Waals surface area contributed by atoms with Crippen molar-refractivity contribution >= 4 is 0 Å². The first-order valence-electron chi connectivity index (χ1n) is 5.56. The van der Waals surface area contributed by atoms with Gasteiger partial charge in [-0.1, -0.05) is 30.3 Å². The lowest BCUT2D eigenvalue weighted by molar-refractivity contribution is -0.0406. The van der Waals surface area contributed by atoms with Gasteiger partial charge in [0.1, 0.15) is 6.79 Å². The Labute approximate surface area is 96.0 Å². The first kappa shape index (κ1) is 11.6. The minimum Gasteiger partial charge on any atom is -0.396 e. The maximum Gasteiger partial charge on any atom is 0.146 e. The highest BCUT2D eigenvalue weighted by Gasteiger charge is 2.54. The molecule has 0 saturated heterocycles. The van der Waals surface area contributed by atoms with Crippen molar-refractivity contribution in [1.82, 2.24) is 0 Å². The van der Waals surface area contributed by atoms with Gasteiger partial charge in [-0.3, -0.25) is 0 Å². The van der Waals surface area contributed by atoms with Crippen LogP contribution < -0.4 is 0 Å². The van der Waals surface area contributed by atoms with E-state index in [2.05, 4.69) is 12.1 Å². The molecule has 0 radical (unpaired) electrons. The molecule has 2 atom stereocenters. The molecule has 0 unspecified atom stereocenters. The Morgan fingerprint density at radius 2 is 2.12 bits per heavy atom. The van der Waals surface area contributed by atoms with Crippen molar-refractivity contribution in [3.05, 3.63) is 35.9 Å². The van der Waals surface area contributed by atoms with E-state index in [4.69, 9.17) is 9.47 Å². The molecule has 1 N–H and O–H groups in total. The third-order valence-electron chi connectivity index (χ3n) is 3.36. The molecular weight excluding hydrogens is 204 g/mol. The van der Waals surface area contributed by atoms with Crippen molar-refractivity contribution in [3.63, 3.8) is 0 Å². The van der Waals surface area contributed by atoms with Crippen molar-refractivity contribution in [2.45, 2.75) is 11.8 Å². The van der Waals surface area contributed by atoms with Crippen molar-refractivity contribution < 1.29 is 14.6 Å². The molecule has 0 heterocycles. The summed E-state index contributed by atoms with van der Waals surface area (Å²) in [6.07, 6.45) is 0.997. The van der Waals surface area contributed by atoms with Crippen molar-refractivity contribution in [2.24, 2.45) is 5.92 Å². The second-order valence-electron chi connectivity index (χ2n) is 4.36.